The molecule has 1 atom stereocenters. The highest BCUT2D eigenvalue weighted by Gasteiger charge is 2.19. The zero-order chi connectivity index (χ0) is 16.9. The van der Waals surface area contributed by atoms with Crippen molar-refractivity contribution in [3.63, 3.8) is 0 Å². The monoisotopic (exact) mass is 318 g/mol. The number of benzene rings is 2. The van der Waals surface area contributed by atoms with Crippen molar-refractivity contribution in [2.75, 3.05) is 6.54 Å². The van der Waals surface area contributed by atoms with Crippen LogP contribution < -0.4 is 5.73 Å². The van der Waals surface area contributed by atoms with E-state index in [4.69, 9.17) is 5.73 Å². The lowest BCUT2D eigenvalue weighted by Gasteiger charge is -2.15. The Hall–Kier alpha value is -2.52. The Morgan fingerprint density at radius 3 is 2.50 bits per heavy atom. The van der Waals surface area contributed by atoms with E-state index in [1.165, 1.54) is 5.56 Å². The van der Waals surface area contributed by atoms with E-state index in [1.807, 2.05) is 36.5 Å². The number of fused-ring (bicyclic) bond motifs is 1. The number of ketones is 1. The molecule has 1 heterocycles. The molecular formula is C21H22N2O. The van der Waals surface area contributed by atoms with Crippen molar-refractivity contribution >= 4 is 16.6 Å². The fourth-order valence-corrected chi connectivity index (χ4v) is 3.01. The van der Waals surface area contributed by atoms with Gasteiger partial charge >= 0.3 is 0 Å². The smallest absolute Gasteiger partial charge is 0.145 e. The third-order valence-electron chi connectivity index (χ3n) is 4.50. The number of nitrogens with zero attached hydrogens (tertiary/aromatic N) is 1. The first-order valence-electron chi connectivity index (χ1n) is 8.35. The molecule has 0 aliphatic heterocycles. The summed E-state index contributed by atoms with van der Waals surface area (Å²) in [7, 11) is 0. The first-order valence-corrected chi connectivity index (χ1v) is 8.35. The highest BCUT2D eigenvalue weighted by atomic mass is 16.1. The van der Waals surface area contributed by atoms with Gasteiger partial charge in [0.2, 0.25) is 0 Å². The molecule has 1 aromatic heterocycles. The van der Waals surface area contributed by atoms with E-state index in [-0.39, 0.29) is 11.7 Å². The van der Waals surface area contributed by atoms with Crippen LogP contribution >= 0.6 is 0 Å². The Kier molecular flexibility index (Phi) is 5.02. The topological polar surface area (TPSA) is 56.0 Å². The first-order chi connectivity index (χ1) is 11.7. The van der Waals surface area contributed by atoms with E-state index in [9.17, 15) is 4.79 Å². The zero-order valence-corrected chi connectivity index (χ0v) is 13.9. The Morgan fingerprint density at radius 1 is 1.04 bits per heavy atom. The van der Waals surface area contributed by atoms with E-state index in [0.29, 0.717) is 13.0 Å². The highest BCUT2D eigenvalue weighted by molar-refractivity contribution is 5.89. The van der Waals surface area contributed by atoms with Crippen LogP contribution in [0, 0.1) is 0 Å². The summed E-state index contributed by atoms with van der Waals surface area (Å²) in [6.45, 7) is 2.46. The molecule has 0 saturated heterocycles. The van der Waals surface area contributed by atoms with Gasteiger partial charge in [0.25, 0.3) is 0 Å². The molecule has 1 unspecified atom stereocenters. The van der Waals surface area contributed by atoms with E-state index in [2.05, 4.69) is 30.1 Å². The average Bonchev–Trinajstić information content (AvgIpc) is 2.63. The second kappa shape index (κ2) is 7.37. The SMILES string of the molecule is CCc1ccc(C(CN)C(=O)Cc2ccc3cnccc3c2)cc1. The highest BCUT2D eigenvalue weighted by Crippen LogP contribution is 2.21. The minimum atomic E-state index is -0.246. The summed E-state index contributed by atoms with van der Waals surface area (Å²) in [5.41, 5.74) is 9.18. The van der Waals surface area contributed by atoms with Gasteiger partial charge in [0.15, 0.2) is 0 Å². The van der Waals surface area contributed by atoms with Crippen molar-refractivity contribution in [2.24, 2.45) is 5.73 Å². The number of aryl methyl sites for hydroxylation is 1. The van der Waals surface area contributed by atoms with Gasteiger partial charge in [0.1, 0.15) is 5.78 Å². The summed E-state index contributed by atoms with van der Waals surface area (Å²) in [6, 6.07) is 16.2. The Bertz CT molecular complexity index is 840. The Morgan fingerprint density at radius 2 is 1.79 bits per heavy atom. The summed E-state index contributed by atoms with van der Waals surface area (Å²) < 4.78 is 0. The second-order valence-corrected chi connectivity index (χ2v) is 6.08. The van der Waals surface area contributed by atoms with Crippen LogP contribution in [-0.2, 0) is 17.6 Å². The third kappa shape index (κ3) is 3.52. The first kappa shape index (κ1) is 16.3. The van der Waals surface area contributed by atoms with Crippen molar-refractivity contribution in [3.05, 3.63) is 77.6 Å². The van der Waals surface area contributed by atoms with Gasteiger partial charge in [-0.05, 0) is 34.6 Å². The van der Waals surface area contributed by atoms with E-state index < -0.39 is 0 Å². The number of pyridine rings is 1. The van der Waals surface area contributed by atoms with Crippen LogP contribution in [0.5, 0.6) is 0 Å². The molecule has 0 amide bonds. The maximum Gasteiger partial charge on any atom is 0.145 e. The fourth-order valence-electron chi connectivity index (χ4n) is 3.01. The van der Waals surface area contributed by atoms with Crippen LogP contribution in [0.3, 0.4) is 0 Å². The molecule has 0 fully saturated rings. The van der Waals surface area contributed by atoms with Crippen molar-refractivity contribution < 1.29 is 4.79 Å². The molecule has 2 N–H and O–H groups in total. The molecule has 3 aromatic rings. The fraction of sp³-hybridized carbons (Fsp3) is 0.238. The lowest BCUT2D eigenvalue weighted by atomic mass is 9.90. The van der Waals surface area contributed by atoms with Crippen molar-refractivity contribution in [3.8, 4) is 0 Å². The molecule has 3 nitrogen and oxygen atoms in total. The largest absolute Gasteiger partial charge is 0.329 e. The van der Waals surface area contributed by atoms with Crippen LogP contribution in [0.1, 0.15) is 29.5 Å². The van der Waals surface area contributed by atoms with Crippen LogP contribution in [0.25, 0.3) is 10.8 Å². The van der Waals surface area contributed by atoms with Crippen LogP contribution in [0.4, 0.5) is 0 Å². The van der Waals surface area contributed by atoms with E-state index in [1.54, 1.807) is 6.20 Å². The number of hydrogen-bond donors (Lipinski definition) is 1. The lowest BCUT2D eigenvalue weighted by molar-refractivity contribution is -0.119. The molecule has 0 aliphatic carbocycles. The zero-order valence-electron chi connectivity index (χ0n) is 13.9. The standard InChI is InChI=1S/C21H22N2O/c1-2-15-3-6-17(7-4-15)20(13-22)21(24)12-16-5-8-19-14-23-10-9-18(19)11-16/h3-11,14,20H,2,12-13,22H2,1H3. The minimum Gasteiger partial charge on any atom is -0.329 e. The van der Waals surface area contributed by atoms with Crippen LogP contribution in [-0.4, -0.2) is 17.3 Å². The normalized spacial score (nSPS) is 12.2. The van der Waals surface area contributed by atoms with Crippen molar-refractivity contribution in [1.82, 2.24) is 4.98 Å². The average molecular weight is 318 g/mol. The number of aromatic nitrogens is 1. The molecular weight excluding hydrogens is 296 g/mol. The minimum absolute atomic E-state index is 0.162. The van der Waals surface area contributed by atoms with Gasteiger partial charge in [0.05, 0.1) is 5.92 Å². The van der Waals surface area contributed by atoms with E-state index in [0.717, 1.165) is 28.3 Å². The third-order valence-corrected chi connectivity index (χ3v) is 4.50. The molecule has 0 bridgehead atoms. The summed E-state index contributed by atoms with van der Waals surface area (Å²) >= 11 is 0. The molecule has 2 aromatic carbocycles. The van der Waals surface area contributed by atoms with Gasteiger partial charge < -0.3 is 5.73 Å². The van der Waals surface area contributed by atoms with Gasteiger partial charge in [0, 0.05) is 30.7 Å². The molecule has 0 spiro atoms. The van der Waals surface area contributed by atoms with Crippen molar-refractivity contribution in [1.29, 1.82) is 0 Å². The maximum absolute atomic E-state index is 12.7. The molecule has 3 heteroatoms. The molecule has 0 saturated carbocycles. The number of rotatable bonds is 6. The molecule has 24 heavy (non-hydrogen) atoms. The van der Waals surface area contributed by atoms with Gasteiger partial charge in [-0.3, -0.25) is 9.78 Å². The molecule has 0 radical (unpaired) electrons. The van der Waals surface area contributed by atoms with Crippen LogP contribution in [0.2, 0.25) is 0 Å². The number of carbonyl (C=O) groups is 1. The number of carbonyl (C=O) groups excluding carboxylic acids is 1. The maximum atomic E-state index is 12.7. The quantitative estimate of drug-likeness (QED) is 0.755. The Labute approximate surface area is 142 Å². The van der Waals surface area contributed by atoms with Crippen LogP contribution in [0.15, 0.2) is 60.9 Å². The van der Waals surface area contributed by atoms with Gasteiger partial charge in [-0.1, -0.05) is 49.4 Å². The summed E-state index contributed by atoms with van der Waals surface area (Å²) in [5.74, 6) is -0.0841. The number of Topliss-reactive ketones (excluding diaryl/α,β-unsaturated/α-hetero) is 1. The molecule has 3 rings (SSSR count). The van der Waals surface area contributed by atoms with Crippen molar-refractivity contribution in [2.45, 2.75) is 25.7 Å². The predicted molar refractivity (Wildman–Crippen MR) is 98.1 cm³/mol. The summed E-state index contributed by atoms with van der Waals surface area (Å²) in [6.07, 6.45) is 4.99. The lowest BCUT2D eigenvalue weighted by Crippen LogP contribution is -2.23. The Balaban J connectivity index is 1.79. The van der Waals surface area contributed by atoms with E-state index >= 15 is 0 Å². The molecule has 122 valence electrons. The second-order valence-electron chi connectivity index (χ2n) is 6.08. The molecule has 0 aliphatic rings. The van der Waals surface area contributed by atoms with Gasteiger partial charge in [-0.25, -0.2) is 0 Å². The predicted octanol–water partition coefficient (Wildman–Crippen LogP) is 3.65. The van der Waals surface area contributed by atoms with Gasteiger partial charge in [-0.15, -0.1) is 0 Å². The number of hydrogen-bond acceptors (Lipinski definition) is 3. The number of nitrogens with two attached hydrogens (primary N) is 1. The summed E-state index contributed by atoms with van der Waals surface area (Å²) in [5, 5.41) is 2.19. The van der Waals surface area contributed by atoms with Gasteiger partial charge in [-0.2, -0.15) is 0 Å². The summed E-state index contributed by atoms with van der Waals surface area (Å²) in [4.78, 5) is 16.9.